The fraction of sp³-hybridized carbons (Fsp3) is 0.200. The number of rotatable bonds is 2. The molecule has 0 bridgehead atoms. The van der Waals surface area contributed by atoms with Crippen LogP contribution in [0.1, 0.15) is 19.3 Å². The largest absolute Gasteiger partial charge is 0.359 e. The molecule has 17 heavy (non-hydrogen) atoms. The van der Waals surface area contributed by atoms with E-state index in [0.717, 1.165) is 24.9 Å². The summed E-state index contributed by atoms with van der Waals surface area (Å²) in [6, 6.07) is 6.63. The van der Waals surface area contributed by atoms with Gasteiger partial charge in [0.1, 0.15) is 5.82 Å². The average Bonchev–Trinajstić information content (AvgIpc) is 2.73. The minimum Gasteiger partial charge on any atom is -0.359 e. The molecule has 0 spiro atoms. The van der Waals surface area contributed by atoms with Gasteiger partial charge in [-0.2, -0.15) is 0 Å². The van der Waals surface area contributed by atoms with E-state index < -0.39 is 0 Å². The van der Waals surface area contributed by atoms with Crippen LogP contribution in [0.3, 0.4) is 0 Å². The van der Waals surface area contributed by atoms with Crippen LogP contribution >= 0.6 is 0 Å². The van der Waals surface area contributed by atoms with E-state index in [0.29, 0.717) is 0 Å². The monoisotopic (exact) mass is 227 g/mol. The van der Waals surface area contributed by atoms with Crippen LogP contribution in [-0.4, -0.2) is 0 Å². The van der Waals surface area contributed by atoms with Gasteiger partial charge in [-0.3, -0.25) is 0 Å². The van der Waals surface area contributed by atoms with Crippen LogP contribution in [0.2, 0.25) is 0 Å². The molecule has 86 valence electrons. The lowest BCUT2D eigenvalue weighted by atomic mass is 10.0. The summed E-state index contributed by atoms with van der Waals surface area (Å²) in [7, 11) is 0. The predicted octanol–water partition coefficient (Wildman–Crippen LogP) is 4.17. The second kappa shape index (κ2) is 4.21. The number of allylic oxidation sites excluding steroid dienone is 6. The van der Waals surface area contributed by atoms with E-state index in [1.807, 2.05) is 6.07 Å². The van der Waals surface area contributed by atoms with Crippen molar-refractivity contribution in [3.8, 4) is 0 Å². The standard InChI is InChI=1S/C15H14FN/c16-12-5-3-6-13(10-12)17-15-9-8-11-4-1-2-7-14(11)15/h1-6,10,17H,7-9H2. The SMILES string of the molecule is Fc1cccc(NC2=C3CC=CC=C3CC2)c1. The Morgan fingerprint density at radius 2 is 2.12 bits per heavy atom. The minimum atomic E-state index is -0.196. The maximum atomic E-state index is 13.1. The van der Waals surface area contributed by atoms with Gasteiger partial charge in [0.2, 0.25) is 0 Å². The third kappa shape index (κ3) is 2.03. The Labute approximate surface area is 100 Å². The molecule has 0 heterocycles. The lowest BCUT2D eigenvalue weighted by Gasteiger charge is -2.11. The number of halogens is 1. The number of anilines is 1. The third-order valence-corrected chi connectivity index (χ3v) is 3.27. The van der Waals surface area contributed by atoms with E-state index >= 15 is 0 Å². The van der Waals surface area contributed by atoms with Gasteiger partial charge in [0.25, 0.3) is 0 Å². The molecule has 2 aliphatic carbocycles. The second-order valence-corrected chi connectivity index (χ2v) is 4.42. The summed E-state index contributed by atoms with van der Waals surface area (Å²) < 4.78 is 13.1. The highest BCUT2D eigenvalue weighted by molar-refractivity contribution is 5.56. The number of fused-ring (bicyclic) bond motifs is 1. The number of benzene rings is 1. The molecule has 1 aromatic carbocycles. The van der Waals surface area contributed by atoms with Crippen molar-refractivity contribution in [2.45, 2.75) is 19.3 Å². The van der Waals surface area contributed by atoms with Crippen molar-refractivity contribution in [1.29, 1.82) is 0 Å². The zero-order chi connectivity index (χ0) is 11.7. The zero-order valence-electron chi connectivity index (χ0n) is 9.54. The summed E-state index contributed by atoms with van der Waals surface area (Å²) in [6.07, 6.45) is 9.57. The summed E-state index contributed by atoms with van der Waals surface area (Å²) >= 11 is 0. The molecule has 0 unspecified atom stereocenters. The van der Waals surface area contributed by atoms with Gasteiger partial charge in [0.15, 0.2) is 0 Å². The van der Waals surface area contributed by atoms with Crippen LogP contribution in [-0.2, 0) is 0 Å². The maximum absolute atomic E-state index is 13.1. The van der Waals surface area contributed by atoms with Crippen LogP contribution in [0.5, 0.6) is 0 Å². The molecule has 1 aromatic rings. The van der Waals surface area contributed by atoms with Crippen LogP contribution in [0.15, 0.2) is 59.3 Å². The Bertz CT molecular complexity index is 538. The maximum Gasteiger partial charge on any atom is 0.125 e. The molecular weight excluding hydrogens is 213 g/mol. The van der Waals surface area contributed by atoms with Gasteiger partial charge in [0, 0.05) is 11.4 Å². The first-order valence-electron chi connectivity index (χ1n) is 5.93. The Balaban J connectivity index is 1.87. The molecule has 1 nitrogen and oxygen atoms in total. The van der Waals surface area contributed by atoms with Gasteiger partial charge < -0.3 is 5.32 Å². The Kier molecular flexibility index (Phi) is 2.56. The summed E-state index contributed by atoms with van der Waals surface area (Å²) in [5.74, 6) is -0.196. The van der Waals surface area contributed by atoms with E-state index in [4.69, 9.17) is 0 Å². The van der Waals surface area contributed by atoms with E-state index in [-0.39, 0.29) is 5.82 Å². The molecule has 0 amide bonds. The van der Waals surface area contributed by atoms with E-state index in [1.165, 1.54) is 29.0 Å². The first-order valence-corrected chi connectivity index (χ1v) is 5.93. The lowest BCUT2D eigenvalue weighted by Crippen LogP contribution is -2.00. The quantitative estimate of drug-likeness (QED) is 0.799. The molecule has 3 rings (SSSR count). The molecule has 2 heteroatoms. The topological polar surface area (TPSA) is 12.0 Å². The summed E-state index contributed by atoms with van der Waals surface area (Å²) in [4.78, 5) is 0. The lowest BCUT2D eigenvalue weighted by molar-refractivity contribution is 0.628. The van der Waals surface area contributed by atoms with Crippen LogP contribution < -0.4 is 5.32 Å². The van der Waals surface area contributed by atoms with Crippen LogP contribution in [0.4, 0.5) is 10.1 Å². The smallest absolute Gasteiger partial charge is 0.125 e. The summed E-state index contributed by atoms with van der Waals surface area (Å²) in [5.41, 5.74) is 4.89. The number of nitrogens with one attached hydrogen (secondary N) is 1. The minimum absolute atomic E-state index is 0.196. The van der Waals surface area contributed by atoms with Crippen molar-refractivity contribution in [3.05, 3.63) is 65.2 Å². The Morgan fingerprint density at radius 1 is 1.18 bits per heavy atom. The fourth-order valence-electron chi connectivity index (χ4n) is 2.44. The molecular formula is C15H14FN. The van der Waals surface area contributed by atoms with Crippen molar-refractivity contribution >= 4 is 5.69 Å². The fourth-order valence-corrected chi connectivity index (χ4v) is 2.44. The van der Waals surface area contributed by atoms with Gasteiger partial charge in [-0.1, -0.05) is 24.3 Å². The summed E-state index contributed by atoms with van der Waals surface area (Å²) in [5, 5.41) is 3.35. The normalized spacial score (nSPS) is 18.1. The van der Waals surface area contributed by atoms with Crippen LogP contribution in [0, 0.1) is 5.82 Å². The third-order valence-electron chi connectivity index (χ3n) is 3.27. The van der Waals surface area contributed by atoms with Crippen molar-refractivity contribution < 1.29 is 4.39 Å². The molecule has 0 radical (unpaired) electrons. The van der Waals surface area contributed by atoms with E-state index in [1.54, 1.807) is 6.07 Å². The molecule has 0 saturated heterocycles. The van der Waals surface area contributed by atoms with Gasteiger partial charge in [-0.25, -0.2) is 4.39 Å². The first-order chi connectivity index (χ1) is 8.33. The predicted molar refractivity (Wildman–Crippen MR) is 68.1 cm³/mol. The van der Waals surface area contributed by atoms with Gasteiger partial charge in [-0.15, -0.1) is 0 Å². The van der Waals surface area contributed by atoms with Gasteiger partial charge >= 0.3 is 0 Å². The molecule has 0 saturated carbocycles. The highest BCUT2D eigenvalue weighted by Gasteiger charge is 2.19. The van der Waals surface area contributed by atoms with Crippen molar-refractivity contribution in [1.82, 2.24) is 0 Å². The number of hydrogen-bond donors (Lipinski definition) is 1. The van der Waals surface area contributed by atoms with Crippen molar-refractivity contribution in [2.75, 3.05) is 5.32 Å². The highest BCUT2D eigenvalue weighted by Crippen LogP contribution is 2.36. The van der Waals surface area contributed by atoms with E-state index in [9.17, 15) is 4.39 Å². The van der Waals surface area contributed by atoms with Gasteiger partial charge in [-0.05, 0) is 48.6 Å². The van der Waals surface area contributed by atoms with Crippen molar-refractivity contribution in [3.63, 3.8) is 0 Å². The average molecular weight is 227 g/mol. The molecule has 0 fully saturated rings. The molecule has 1 N–H and O–H groups in total. The number of hydrogen-bond acceptors (Lipinski definition) is 1. The second-order valence-electron chi connectivity index (χ2n) is 4.42. The highest BCUT2D eigenvalue weighted by atomic mass is 19.1. The molecule has 0 atom stereocenters. The molecule has 0 aliphatic heterocycles. The van der Waals surface area contributed by atoms with E-state index in [2.05, 4.69) is 23.5 Å². The van der Waals surface area contributed by atoms with Crippen molar-refractivity contribution in [2.24, 2.45) is 0 Å². The van der Waals surface area contributed by atoms with Crippen LogP contribution in [0.25, 0.3) is 0 Å². The Morgan fingerprint density at radius 3 is 3.00 bits per heavy atom. The van der Waals surface area contributed by atoms with Gasteiger partial charge in [0.05, 0.1) is 0 Å². The zero-order valence-corrected chi connectivity index (χ0v) is 9.54. The molecule has 2 aliphatic rings. The first kappa shape index (κ1) is 10.3. The Hall–Kier alpha value is -1.83. The molecule has 0 aromatic heterocycles. The summed E-state index contributed by atoms with van der Waals surface area (Å²) in [6.45, 7) is 0.